The summed E-state index contributed by atoms with van der Waals surface area (Å²) in [6.45, 7) is 4.13. The van der Waals surface area contributed by atoms with E-state index in [-0.39, 0.29) is 0 Å². The summed E-state index contributed by atoms with van der Waals surface area (Å²) in [7, 11) is 3.07. The van der Waals surface area contributed by atoms with Gasteiger partial charge in [0, 0.05) is 11.3 Å². The van der Waals surface area contributed by atoms with Crippen LogP contribution in [-0.2, 0) is 9.59 Å². The van der Waals surface area contributed by atoms with Gasteiger partial charge in [0.1, 0.15) is 5.75 Å². The maximum Gasteiger partial charge on any atom is 0.329 e. The molecule has 2 amide bonds. The summed E-state index contributed by atoms with van der Waals surface area (Å²) in [6.07, 6.45) is 0. The van der Waals surface area contributed by atoms with E-state index in [1.807, 2.05) is 6.92 Å². The molecule has 0 atom stereocenters. The van der Waals surface area contributed by atoms with Gasteiger partial charge < -0.3 is 19.5 Å². The molecule has 2 aromatic rings. The van der Waals surface area contributed by atoms with Crippen molar-refractivity contribution in [3.05, 3.63) is 48.0 Å². The van der Waals surface area contributed by atoms with Crippen LogP contribution in [0.4, 0.5) is 5.69 Å². The van der Waals surface area contributed by atoms with Crippen molar-refractivity contribution in [2.45, 2.75) is 13.8 Å². The largest absolute Gasteiger partial charge is 0.494 e. The molecule has 0 radical (unpaired) electrons. The molecule has 148 valence electrons. The number of hydrazone groups is 1. The van der Waals surface area contributed by atoms with E-state index in [0.717, 1.165) is 0 Å². The van der Waals surface area contributed by atoms with E-state index in [2.05, 4.69) is 15.8 Å². The third-order valence-corrected chi connectivity index (χ3v) is 3.76. The average molecular weight is 385 g/mol. The van der Waals surface area contributed by atoms with Crippen molar-refractivity contribution >= 4 is 23.2 Å². The fourth-order valence-corrected chi connectivity index (χ4v) is 2.30. The summed E-state index contributed by atoms with van der Waals surface area (Å²) in [6, 6.07) is 11.9. The van der Waals surface area contributed by atoms with Crippen LogP contribution in [0.2, 0.25) is 0 Å². The predicted octanol–water partition coefficient (Wildman–Crippen LogP) is 2.58. The lowest BCUT2D eigenvalue weighted by Gasteiger charge is -2.09. The van der Waals surface area contributed by atoms with Gasteiger partial charge in [-0.15, -0.1) is 0 Å². The van der Waals surface area contributed by atoms with Gasteiger partial charge in [0.05, 0.1) is 26.5 Å². The number of nitrogens with one attached hydrogen (secondary N) is 2. The Morgan fingerprint density at radius 1 is 0.964 bits per heavy atom. The number of methoxy groups -OCH3 is 2. The number of anilines is 1. The molecule has 8 heteroatoms. The van der Waals surface area contributed by atoms with Gasteiger partial charge in [-0.05, 0) is 56.3 Å². The Bertz CT molecular complexity index is 863. The van der Waals surface area contributed by atoms with Crippen molar-refractivity contribution < 1.29 is 23.8 Å². The van der Waals surface area contributed by atoms with Crippen molar-refractivity contribution in [3.8, 4) is 17.2 Å². The lowest BCUT2D eigenvalue weighted by Crippen LogP contribution is -2.32. The summed E-state index contributed by atoms with van der Waals surface area (Å²) in [5, 5.41) is 6.46. The van der Waals surface area contributed by atoms with Crippen LogP contribution in [0, 0.1) is 0 Å². The maximum atomic E-state index is 12.0. The zero-order valence-corrected chi connectivity index (χ0v) is 16.2. The van der Waals surface area contributed by atoms with Crippen molar-refractivity contribution in [1.29, 1.82) is 0 Å². The van der Waals surface area contributed by atoms with E-state index in [1.54, 1.807) is 56.5 Å². The SMILES string of the molecule is CCOc1ccc(NC(=O)C(=O)NN=C(C)c2ccc(OC)c(OC)c2)cc1. The van der Waals surface area contributed by atoms with Crippen molar-refractivity contribution in [2.24, 2.45) is 5.10 Å². The number of ether oxygens (including phenoxy) is 3. The molecule has 0 aliphatic carbocycles. The lowest BCUT2D eigenvalue weighted by atomic mass is 10.1. The second-order valence-corrected chi connectivity index (χ2v) is 5.62. The topological polar surface area (TPSA) is 98.2 Å². The highest BCUT2D eigenvalue weighted by molar-refractivity contribution is 6.39. The number of nitrogens with zero attached hydrogens (tertiary/aromatic N) is 1. The molecule has 0 aliphatic rings. The molecular weight excluding hydrogens is 362 g/mol. The molecule has 0 saturated heterocycles. The highest BCUT2D eigenvalue weighted by Gasteiger charge is 2.14. The first-order valence-corrected chi connectivity index (χ1v) is 8.59. The number of hydrogen-bond acceptors (Lipinski definition) is 6. The molecule has 0 saturated carbocycles. The molecule has 0 fully saturated rings. The number of amides is 2. The van der Waals surface area contributed by atoms with Crippen LogP contribution in [0.15, 0.2) is 47.6 Å². The second-order valence-electron chi connectivity index (χ2n) is 5.62. The Labute approximate surface area is 163 Å². The van der Waals surface area contributed by atoms with Gasteiger partial charge in [0.25, 0.3) is 0 Å². The number of carbonyl (C=O) groups is 2. The molecule has 2 aromatic carbocycles. The second kappa shape index (κ2) is 9.96. The number of benzene rings is 2. The first kappa shape index (κ1) is 20.8. The molecule has 2 N–H and O–H groups in total. The molecule has 0 aliphatic heterocycles. The van der Waals surface area contributed by atoms with Crippen molar-refractivity contribution in [1.82, 2.24) is 5.43 Å². The molecule has 0 aromatic heterocycles. The Kier molecular flexibility index (Phi) is 7.38. The third kappa shape index (κ3) is 5.47. The molecule has 2 rings (SSSR count). The minimum atomic E-state index is -0.881. The van der Waals surface area contributed by atoms with Gasteiger partial charge in [0.2, 0.25) is 0 Å². The third-order valence-electron chi connectivity index (χ3n) is 3.76. The fourth-order valence-electron chi connectivity index (χ4n) is 2.30. The first-order valence-electron chi connectivity index (χ1n) is 8.59. The highest BCUT2D eigenvalue weighted by Crippen LogP contribution is 2.27. The van der Waals surface area contributed by atoms with E-state index in [4.69, 9.17) is 14.2 Å². The minimum absolute atomic E-state index is 0.476. The van der Waals surface area contributed by atoms with E-state index in [0.29, 0.717) is 40.8 Å². The van der Waals surface area contributed by atoms with Crippen LogP contribution >= 0.6 is 0 Å². The van der Waals surface area contributed by atoms with Crippen LogP contribution in [0.3, 0.4) is 0 Å². The lowest BCUT2D eigenvalue weighted by molar-refractivity contribution is -0.136. The number of hydrogen-bond donors (Lipinski definition) is 2. The summed E-state index contributed by atoms with van der Waals surface area (Å²) in [5.41, 5.74) is 3.93. The molecule has 8 nitrogen and oxygen atoms in total. The number of rotatable bonds is 7. The van der Waals surface area contributed by atoms with Gasteiger partial charge in [0.15, 0.2) is 11.5 Å². The standard InChI is InChI=1S/C20H23N3O5/c1-5-28-16-9-7-15(8-10-16)21-19(24)20(25)23-22-13(2)14-6-11-17(26-3)18(12-14)27-4/h6-12H,5H2,1-4H3,(H,21,24)(H,23,25). The summed E-state index contributed by atoms with van der Waals surface area (Å²) >= 11 is 0. The highest BCUT2D eigenvalue weighted by atomic mass is 16.5. The quantitative estimate of drug-likeness (QED) is 0.434. The molecule has 0 unspecified atom stereocenters. The Hall–Kier alpha value is -3.55. The van der Waals surface area contributed by atoms with Crippen molar-refractivity contribution in [2.75, 3.05) is 26.1 Å². The van der Waals surface area contributed by atoms with Crippen molar-refractivity contribution in [3.63, 3.8) is 0 Å². The Balaban J connectivity index is 1.98. The molecule has 0 heterocycles. The van der Waals surface area contributed by atoms with Crippen LogP contribution in [-0.4, -0.2) is 38.4 Å². The van der Waals surface area contributed by atoms with E-state index in [9.17, 15) is 9.59 Å². The predicted molar refractivity (Wildman–Crippen MR) is 106 cm³/mol. The molecule has 0 bridgehead atoms. The summed E-state index contributed by atoms with van der Waals surface area (Å²) in [4.78, 5) is 24.0. The van der Waals surface area contributed by atoms with Gasteiger partial charge in [-0.2, -0.15) is 5.10 Å². The average Bonchev–Trinajstić information content (AvgIpc) is 2.72. The minimum Gasteiger partial charge on any atom is -0.494 e. The smallest absolute Gasteiger partial charge is 0.329 e. The van der Waals surface area contributed by atoms with Crippen LogP contribution in [0.25, 0.3) is 0 Å². The van der Waals surface area contributed by atoms with E-state index in [1.165, 1.54) is 7.11 Å². The Morgan fingerprint density at radius 2 is 1.64 bits per heavy atom. The normalized spacial score (nSPS) is 10.8. The summed E-state index contributed by atoms with van der Waals surface area (Å²) < 4.78 is 15.7. The number of carbonyl (C=O) groups excluding carboxylic acids is 2. The molecule has 0 spiro atoms. The zero-order chi connectivity index (χ0) is 20.5. The van der Waals surface area contributed by atoms with E-state index >= 15 is 0 Å². The monoisotopic (exact) mass is 385 g/mol. The van der Waals surface area contributed by atoms with E-state index < -0.39 is 11.8 Å². The van der Waals surface area contributed by atoms with Crippen LogP contribution in [0.1, 0.15) is 19.4 Å². The zero-order valence-electron chi connectivity index (χ0n) is 16.2. The molecular formula is C20H23N3O5. The van der Waals surface area contributed by atoms with Crippen LogP contribution in [0.5, 0.6) is 17.2 Å². The molecule has 28 heavy (non-hydrogen) atoms. The maximum absolute atomic E-state index is 12.0. The fraction of sp³-hybridized carbons (Fsp3) is 0.250. The van der Waals surface area contributed by atoms with Gasteiger partial charge in [-0.1, -0.05) is 0 Å². The van der Waals surface area contributed by atoms with Gasteiger partial charge in [-0.25, -0.2) is 5.43 Å². The van der Waals surface area contributed by atoms with Crippen LogP contribution < -0.4 is 25.0 Å². The van der Waals surface area contributed by atoms with Gasteiger partial charge in [-0.3, -0.25) is 9.59 Å². The summed E-state index contributed by atoms with van der Waals surface area (Å²) in [5.74, 6) is 0.0914. The van der Waals surface area contributed by atoms with Gasteiger partial charge >= 0.3 is 11.8 Å². The Morgan fingerprint density at radius 3 is 2.25 bits per heavy atom. The first-order chi connectivity index (χ1) is 13.5.